The lowest BCUT2D eigenvalue weighted by Gasteiger charge is -2.33. The highest BCUT2D eigenvalue weighted by Gasteiger charge is 2.37. The maximum Gasteiger partial charge on any atom is 0.119 e. The number of aromatic nitrogens is 1. The third kappa shape index (κ3) is 3.17. The first-order chi connectivity index (χ1) is 11.6. The number of aliphatic hydroxyl groups is 1. The van der Waals surface area contributed by atoms with E-state index in [1.54, 1.807) is 13.3 Å². The quantitative estimate of drug-likeness (QED) is 0.769. The van der Waals surface area contributed by atoms with Crippen molar-refractivity contribution in [3.8, 4) is 5.75 Å². The molecule has 3 rings (SSSR count). The van der Waals surface area contributed by atoms with Gasteiger partial charge in [0.05, 0.1) is 24.3 Å². The maximum atomic E-state index is 11.5. The van der Waals surface area contributed by atoms with Crippen LogP contribution >= 0.6 is 0 Å². The van der Waals surface area contributed by atoms with E-state index in [4.69, 9.17) is 4.74 Å². The van der Waals surface area contributed by atoms with E-state index in [-0.39, 0.29) is 5.92 Å². The summed E-state index contributed by atoms with van der Waals surface area (Å²) < 4.78 is 5.31. The Morgan fingerprint density at radius 2 is 1.71 bits per heavy atom. The van der Waals surface area contributed by atoms with Crippen molar-refractivity contribution >= 4 is 0 Å². The molecule has 0 amide bonds. The minimum absolute atomic E-state index is 0.285. The summed E-state index contributed by atoms with van der Waals surface area (Å²) in [6.45, 7) is 1.83. The summed E-state index contributed by atoms with van der Waals surface area (Å²) in [7, 11) is 1.63. The average Bonchev–Trinajstić information content (AvgIpc) is 2.63. The van der Waals surface area contributed by atoms with E-state index >= 15 is 0 Å². The van der Waals surface area contributed by atoms with Gasteiger partial charge in [0.1, 0.15) is 5.75 Å². The van der Waals surface area contributed by atoms with Gasteiger partial charge in [-0.25, -0.2) is 0 Å². The van der Waals surface area contributed by atoms with E-state index in [2.05, 4.69) is 4.98 Å². The zero-order valence-corrected chi connectivity index (χ0v) is 13.9. The van der Waals surface area contributed by atoms with Crippen LogP contribution in [0.4, 0.5) is 0 Å². The lowest BCUT2D eigenvalue weighted by molar-refractivity contribution is 0.0378. The van der Waals surface area contributed by atoms with Crippen molar-refractivity contribution in [2.75, 3.05) is 7.11 Å². The van der Waals surface area contributed by atoms with Crippen molar-refractivity contribution in [3.05, 3.63) is 95.8 Å². The van der Waals surface area contributed by atoms with Gasteiger partial charge < -0.3 is 9.84 Å². The van der Waals surface area contributed by atoms with Gasteiger partial charge in [-0.2, -0.15) is 0 Å². The van der Waals surface area contributed by atoms with Crippen LogP contribution in [0.1, 0.15) is 29.7 Å². The molecular weight excluding hydrogens is 298 g/mol. The molecule has 3 nitrogen and oxygen atoms in total. The summed E-state index contributed by atoms with van der Waals surface area (Å²) in [5, 5.41) is 11.5. The molecule has 0 saturated heterocycles. The predicted octanol–water partition coefficient (Wildman–Crippen LogP) is 4.13. The highest BCUT2D eigenvalue weighted by atomic mass is 16.5. The molecule has 0 spiro atoms. The van der Waals surface area contributed by atoms with Crippen LogP contribution in [0, 0.1) is 0 Å². The molecule has 0 radical (unpaired) electrons. The minimum Gasteiger partial charge on any atom is -0.497 e. The Kier molecular flexibility index (Phi) is 4.63. The van der Waals surface area contributed by atoms with E-state index in [1.165, 1.54) is 0 Å². The Bertz CT molecular complexity index is 746. The number of rotatable bonds is 5. The second-order valence-corrected chi connectivity index (χ2v) is 5.98. The monoisotopic (exact) mass is 319 g/mol. The van der Waals surface area contributed by atoms with Crippen molar-refractivity contribution in [2.24, 2.45) is 0 Å². The fourth-order valence-corrected chi connectivity index (χ4v) is 3.08. The number of hydrogen-bond acceptors (Lipinski definition) is 3. The molecule has 0 fully saturated rings. The van der Waals surface area contributed by atoms with Gasteiger partial charge in [0, 0.05) is 6.20 Å². The Balaban J connectivity index is 2.13. The minimum atomic E-state index is -1.13. The maximum absolute atomic E-state index is 11.5. The first-order valence-corrected chi connectivity index (χ1v) is 7.95. The van der Waals surface area contributed by atoms with Crippen molar-refractivity contribution in [3.63, 3.8) is 0 Å². The molecule has 1 heterocycles. The van der Waals surface area contributed by atoms with Gasteiger partial charge in [-0.15, -0.1) is 0 Å². The standard InChI is InChI=1S/C21H21NO2/c1-21(23,17-11-8-12-18(15-17)24-2)20(16-9-4-3-5-10-16)19-13-6-7-14-22-19/h3-15,20,23H,1-2H3/t20-,21-/m0/s1. The molecule has 0 aliphatic carbocycles. The van der Waals surface area contributed by atoms with Crippen LogP contribution in [-0.2, 0) is 5.60 Å². The van der Waals surface area contributed by atoms with Crippen molar-refractivity contribution < 1.29 is 9.84 Å². The summed E-state index contributed by atoms with van der Waals surface area (Å²) in [5.41, 5.74) is 1.51. The van der Waals surface area contributed by atoms with Crippen molar-refractivity contribution in [2.45, 2.75) is 18.4 Å². The molecule has 0 aliphatic heterocycles. The van der Waals surface area contributed by atoms with Gasteiger partial charge in [-0.3, -0.25) is 4.98 Å². The third-order valence-corrected chi connectivity index (χ3v) is 4.33. The van der Waals surface area contributed by atoms with Gasteiger partial charge in [0.15, 0.2) is 0 Å². The van der Waals surface area contributed by atoms with E-state index < -0.39 is 5.60 Å². The number of hydrogen-bond donors (Lipinski definition) is 1. The highest BCUT2D eigenvalue weighted by molar-refractivity contribution is 5.40. The number of pyridine rings is 1. The second-order valence-electron chi connectivity index (χ2n) is 5.98. The number of benzene rings is 2. The Morgan fingerprint density at radius 1 is 0.958 bits per heavy atom. The van der Waals surface area contributed by atoms with Crippen molar-refractivity contribution in [1.82, 2.24) is 4.98 Å². The molecule has 0 saturated carbocycles. The fourth-order valence-electron chi connectivity index (χ4n) is 3.08. The molecule has 1 N–H and O–H groups in total. The van der Waals surface area contributed by atoms with E-state index in [0.717, 1.165) is 22.6 Å². The molecule has 0 bridgehead atoms. The Morgan fingerprint density at radius 3 is 2.38 bits per heavy atom. The lowest BCUT2D eigenvalue weighted by atomic mass is 9.76. The topological polar surface area (TPSA) is 42.4 Å². The Hall–Kier alpha value is -2.65. The summed E-state index contributed by atoms with van der Waals surface area (Å²) in [6.07, 6.45) is 1.76. The predicted molar refractivity (Wildman–Crippen MR) is 95.1 cm³/mol. The molecular formula is C21H21NO2. The van der Waals surface area contributed by atoms with Crippen LogP contribution in [0.25, 0.3) is 0 Å². The van der Waals surface area contributed by atoms with Gasteiger partial charge >= 0.3 is 0 Å². The highest BCUT2D eigenvalue weighted by Crippen LogP contribution is 2.41. The van der Waals surface area contributed by atoms with E-state index in [9.17, 15) is 5.11 Å². The van der Waals surface area contributed by atoms with Gasteiger partial charge in [0.2, 0.25) is 0 Å². The summed E-state index contributed by atoms with van der Waals surface area (Å²) in [5.74, 6) is 0.438. The molecule has 24 heavy (non-hydrogen) atoms. The van der Waals surface area contributed by atoms with Gasteiger partial charge in [-0.1, -0.05) is 48.5 Å². The van der Waals surface area contributed by atoms with Crippen LogP contribution in [0.3, 0.4) is 0 Å². The first kappa shape index (κ1) is 16.2. The van der Waals surface area contributed by atoms with E-state index in [0.29, 0.717) is 0 Å². The molecule has 2 atom stereocenters. The molecule has 2 aromatic carbocycles. The van der Waals surface area contributed by atoms with Crippen LogP contribution in [-0.4, -0.2) is 17.2 Å². The molecule has 1 aromatic heterocycles. The summed E-state index contributed by atoms with van der Waals surface area (Å²) >= 11 is 0. The van der Waals surface area contributed by atoms with Gasteiger partial charge in [-0.05, 0) is 42.3 Å². The van der Waals surface area contributed by atoms with Gasteiger partial charge in [0.25, 0.3) is 0 Å². The second kappa shape index (κ2) is 6.85. The van der Waals surface area contributed by atoms with Crippen LogP contribution in [0.2, 0.25) is 0 Å². The molecule has 122 valence electrons. The van der Waals surface area contributed by atoms with Crippen LogP contribution in [0.15, 0.2) is 79.0 Å². The summed E-state index contributed by atoms with van der Waals surface area (Å²) in [6, 6.07) is 23.3. The van der Waals surface area contributed by atoms with E-state index in [1.807, 2.05) is 79.7 Å². The molecule has 3 aromatic rings. The Labute approximate surface area is 142 Å². The van der Waals surface area contributed by atoms with Crippen molar-refractivity contribution in [1.29, 1.82) is 0 Å². The molecule has 3 heteroatoms. The first-order valence-electron chi connectivity index (χ1n) is 7.95. The molecule has 0 aliphatic rings. The van der Waals surface area contributed by atoms with Crippen LogP contribution < -0.4 is 4.74 Å². The lowest BCUT2D eigenvalue weighted by Crippen LogP contribution is -2.31. The summed E-state index contributed by atoms with van der Waals surface area (Å²) in [4.78, 5) is 4.50. The fraction of sp³-hybridized carbons (Fsp3) is 0.190. The number of ether oxygens (including phenoxy) is 1. The SMILES string of the molecule is COc1cccc([C@](C)(O)[C@@H](c2ccccc2)c2ccccn2)c1. The zero-order valence-electron chi connectivity index (χ0n) is 13.9. The average molecular weight is 319 g/mol. The van der Waals surface area contributed by atoms with Crippen LogP contribution in [0.5, 0.6) is 5.75 Å². The smallest absolute Gasteiger partial charge is 0.119 e. The largest absolute Gasteiger partial charge is 0.497 e. The normalized spacial score (nSPS) is 14.6. The third-order valence-electron chi connectivity index (χ3n) is 4.33. The zero-order chi connectivity index (χ0) is 17.0. The number of nitrogens with zero attached hydrogens (tertiary/aromatic N) is 1. The number of methoxy groups -OCH3 is 1. The molecule has 0 unspecified atom stereocenters.